The average Bonchev–Trinajstić information content (AvgIpc) is 2.96. The summed E-state index contributed by atoms with van der Waals surface area (Å²) in [6, 6.07) is 25.0. The van der Waals surface area contributed by atoms with Crippen LogP contribution in [-0.4, -0.2) is 29.9 Å². The number of carbonyl (C=O) groups excluding carboxylic acids is 2. The predicted octanol–water partition coefficient (Wildman–Crippen LogP) is 2.75. The monoisotopic (exact) mass is 580 g/mol. The number of para-hydroxylation sites is 1. The Balaban J connectivity index is 0.00000484. The summed E-state index contributed by atoms with van der Waals surface area (Å²) in [6.45, 7) is 2.51. The van der Waals surface area contributed by atoms with Crippen molar-refractivity contribution in [2.45, 2.75) is 32.5 Å². The van der Waals surface area contributed by atoms with Crippen LogP contribution in [0.25, 0.3) is 11.1 Å². The van der Waals surface area contributed by atoms with Crippen LogP contribution in [0, 0.1) is 18.6 Å². The minimum atomic E-state index is -1.33. The van der Waals surface area contributed by atoms with E-state index in [1.807, 2.05) is 84.8 Å². The SMILES string of the molecule is CSCCC(NC(=O)c1ccc(CN(Cc2ccc(F)cc2F)c2ccccc2)cc1-c1ccccc1C)C(=O)[O-].[Li+]. The molecule has 42 heavy (non-hydrogen) atoms. The van der Waals surface area contributed by atoms with Gasteiger partial charge in [0.25, 0.3) is 5.91 Å². The van der Waals surface area contributed by atoms with Crippen LogP contribution in [0.5, 0.6) is 0 Å². The molecule has 0 aliphatic heterocycles. The molecule has 0 spiro atoms. The quantitative estimate of drug-likeness (QED) is 0.261. The van der Waals surface area contributed by atoms with E-state index in [0.717, 1.165) is 28.4 Å². The summed E-state index contributed by atoms with van der Waals surface area (Å²) in [7, 11) is 0. The van der Waals surface area contributed by atoms with Gasteiger partial charge in [-0.05, 0) is 77.9 Å². The van der Waals surface area contributed by atoms with Crippen LogP contribution in [0.3, 0.4) is 0 Å². The Bertz CT molecular complexity index is 1520. The first-order valence-corrected chi connectivity index (χ1v) is 14.6. The summed E-state index contributed by atoms with van der Waals surface area (Å²) in [5.41, 5.74) is 4.83. The molecule has 0 bridgehead atoms. The van der Waals surface area contributed by atoms with Gasteiger partial charge in [0, 0.05) is 36.0 Å². The van der Waals surface area contributed by atoms with E-state index in [2.05, 4.69) is 5.32 Å². The number of aliphatic carboxylic acids is 1. The van der Waals surface area contributed by atoms with Gasteiger partial charge in [-0.15, -0.1) is 0 Å². The van der Waals surface area contributed by atoms with Crippen molar-refractivity contribution < 1.29 is 42.3 Å². The van der Waals surface area contributed by atoms with Crippen LogP contribution in [0.15, 0.2) is 91.0 Å². The molecule has 0 aromatic heterocycles. The Morgan fingerprint density at radius 2 is 1.62 bits per heavy atom. The van der Waals surface area contributed by atoms with Crippen molar-refractivity contribution in [3.8, 4) is 11.1 Å². The Morgan fingerprint density at radius 1 is 0.905 bits per heavy atom. The second-order valence-electron chi connectivity index (χ2n) is 9.75. The fraction of sp³-hybridized carbons (Fsp3) is 0.212. The van der Waals surface area contributed by atoms with Crippen molar-refractivity contribution in [3.63, 3.8) is 0 Å². The maximum absolute atomic E-state index is 14.6. The third kappa shape index (κ3) is 8.48. The number of aryl methyl sites for hydroxylation is 1. The first-order valence-electron chi connectivity index (χ1n) is 13.2. The number of amides is 1. The van der Waals surface area contributed by atoms with Crippen LogP contribution < -0.4 is 34.2 Å². The number of anilines is 1. The zero-order valence-electron chi connectivity index (χ0n) is 23.9. The number of carbonyl (C=O) groups is 2. The third-order valence-corrected chi connectivity index (χ3v) is 7.48. The normalized spacial score (nSPS) is 11.3. The molecule has 0 aliphatic rings. The molecule has 1 unspecified atom stereocenters. The summed E-state index contributed by atoms with van der Waals surface area (Å²) < 4.78 is 28.2. The molecule has 0 saturated heterocycles. The molecule has 212 valence electrons. The third-order valence-electron chi connectivity index (χ3n) is 6.84. The molecule has 5 nitrogen and oxygen atoms in total. The number of nitrogens with zero attached hydrogens (tertiary/aromatic N) is 1. The Morgan fingerprint density at radius 3 is 2.29 bits per heavy atom. The maximum Gasteiger partial charge on any atom is 1.00 e. The Kier molecular flexibility index (Phi) is 12.2. The number of thioether (sulfide) groups is 1. The molecule has 4 aromatic carbocycles. The molecule has 1 amide bonds. The van der Waals surface area contributed by atoms with Crippen LogP contribution in [0.2, 0.25) is 0 Å². The molecule has 4 rings (SSSR count). The molecule has 0 fully saturated rings. The van der Waals surface area contributed by atoms with E-state index >= 15 is 0 Å². The number of benzene rings is 4. The van der Waals surface area contributed by atoms with Gasteiger partial charge in [0.05, 0.1) is 12.0 Å². The van der Waals surface area contributed by atoms with Crippen molar-refractivity contribution in [1.82, 2.24) is 5.32 Å². The topological polar surface area (TPSA) is 72.5 Å². The number of hydrogen-bond donors (Lipinski definition) is 1. The van der Waals surface area contributed by atoms with Gasteiger partial charge in [-0.2, -0.15) is 11.8 Å². The zero-order valence-corrected chi connectivity index (χ0v) is 24.7. The van der Waals surface area contributed by atoms with Crippen molar-refractivity contribution in [3.05, 3.63) is 125 Å². The summed E-state index contributed by atoms with van der Waals surface area (Å²) in [6.07, 6.45) is 2.12. The standard InChI is InChI=1S/C33H32F2N2O3S.Li/c1-22-8-6-7-11-27(22)29-18-23(12-15-28(29)32(38)36-31(33(39)40)16-17-41-2)20-37(26-9-4-3-5-10-26)21-24-13-14-25(34)19-30(24)35;/h3-15,18-19,31H,16-17,20-21H2,1-2H3,(H,36,38)(H,39,40);/q;+1/p-1. The van der Waals surface area contributed by atoms with E-state index in [9.17, 15) is 23.5 Å². The van der Waals surface area contributed by atoms with Crippen molar-refractivity contribution in [1.29, 1.82) is 0 Å². The van der Waals surface area contributed by atoms with E-state index in [4.69, 9.17) is 0 Å². The minimum absolute atomic E-state index is 0. The summed E-state index contributed by atoms with van der Waals surface area (Å²) in [4.78, 5) is 27.1. The van der Waals surface area contributed by atoms with E-state index < -0.39 is 29.6 Å². The van der Waals surface area contributed by atoms with Crippen molar-refractivity contribution in [2.75, 3.05) is 16.9 Å². The number of nitrogens with one attached hydrogen (secondary N) is 1. The molecule has 4 aromatic rings. The number of rotatable bonds is 12. The van der Waals surface area contributed by atoms with E-state index in [0.29, 0.717) is 29.0 Å². The minimum Gasteiger partial charge on any atom is -0.548 e. The van der Waals surface area contributed by atoms with Gasteiger partial charge in [-0.1, -0.05) is 54.6 Å². The molecule has 0 radical (unpaired) electrons. The van der Waals surface area contributed by atoms with Gasteiger partial charge in [-0.3, -0.25) is 4.79 Å². The Hall–Kier alpha value is -3.57. The van der Waals surface area contributed by atoms with Gasteiger partial charge in [0.2, 0.25) is 0 Å². The maximum atomic E-state index is 14.6. The van der Waals surface area contributed by atoms with E-state index in [-0.39, 0.29) is 31.8 Å². The fourth-order valence-electron chi connectivity index (χ4n) is 4.66. The summed E-state index contributed by atoms with van der Waals surface area (Å²) in [5, 5.41) is 14.3. The van der Waals surface area contributed by atoms with Gasteiger partial charge < -0.3 is 20.1 Å². The average molecular weight is 581 g/mol. The summed E-state index contributed by atoms with van der Waals surface area (Å²) >= 11 is 1.49. The second kappa shape index (κ2) is 15.6. The van der Waals surface area contributed by atoms with Crippen LogP contribution in [0.1, 0.15) is 33.5 Å². The molecular weight excluding hydrogens is 549 g/mol. The van der Waals surface area contributed by atoms with Gasteiger partial charge >= 0.3 is 18.9 Å². The molecule has 0 heterocycles. The molecule has 9 heteroatoms. The van der Waals surface area contributed by atoms with Crippen LogP contribution in [-0.2, 0) is 17.9 Å². The second-order valence-corrected chi connectivity index (χ2v) is 10.7. The largest absolute Gasteiger partial charge is 1.00 e. The Labute approximate surface area is 261 Å². The van der Waals surface area contributed by atoms with Crippen LogP contribution in [0.4, 0.5) is 14.5 Å². The summed E-state index contributed by atoms with van der Waals surface area (Å²) in [5.74, 6) is -2.52. The molecule has 1 atom stereocenters. The number of halogens is 2. The van der Waals surface area contributed by atoms with Gasteiger partial charge in [0.15, 0.2) is 0 Å². The van der Waals surface area contributed by atoms with Gasteiger partial charge in [0.1, 0.15) is 11.6 Å². The zero-order chi connectivity index (χ0) is 29.4. The smallest absolute Gasteiger partial charge is 0.548 e. The number of carboxylic acid groups (broad SMARTS) is 1. The van der Waals surface area contributed by atoms with E-state index in [1.54, 1.807) is 6.07 Å². The van der Waals surface area contributed by atoms with Crippen molar-refractivity contribution in [2.24, 2.45) is 0 Å². The molecule has 0 aliphatic carbocycles. The van der Waals surface area contributed by atoms with Gasteiger partial charge in [-0.25, -0.2) is 8.78 Å². The molecule has 1 N–H and O–H groups in total. The van der Waals surface area contributed by atoms with Crippen LogP contribution >= 0.6 is 11.8 Å². The van der Waals surface area contributed by atoms with E-state index in [1.165, 1.54) is 23.9 Å². The fourth-order valence-corrected chi connectivity index (χ4v) is 5.13. The van der Waals surface area contributed by atoms with Crippen molar-refractivity contribution >= 4 is 29.3 Å². The molecular formula is C33H31F2LiN2O3S. The number of carboxylic acids is 1. The first kappa shape index (κ1) is 32.9. The predicted molar refractivity (Wildman–Crippen MR) is 159 cm³/mol. The number of hydrogen-bond acceptors (Lipinski definition) is 5. The molecule has 0 saturated carbocycles. The first-order chi connectivity index (χ1) is 19.8.